The summed E-state index contributed by atoms with van der Waals surface area (Å²) < 4.78 is 0. The molecular formula is C13H14N4. The lowest BCUT2D eigenvalue weighted by molar-refractivity contribution is 0.757. The van der Waals surface area contributed by atoms with E-state index < -0.39 is 0 Å². The molecule has 0 saturated carbocycles. The third-order valence-corrected chi connectivity index (χ3v) is 3.12. The lowest BCUT2D eigenvalue weighted by atomic mass is 10.1. The van der Waals surface area contributed by atoms with Crippen molar-refractivity contribution in [1.29, 1.82) is 0 Å². The Bertz CT molecular complexity index is 578. The molecule has 1 aliphatic rings. The Balaban J connectivity index is 2.17. The van der Waals surface area contributed by atoms with Gasteiger partial charge in [-0.25, -0.2) is 9.97 Å². The molecule has 86 valence electrons. The maximum Gasteiger partial charge on any atom is 0.178 e. The number of nitrogens with zero attached hydrogens (tertiary/aromatic N) is 3. The second kappa shape index (κ2) is 3.89. The van der Waals surface area contributed by atoms with Crippen LogP contribution in [0.1, 0.15) is 22.5 Å². The van der Waals surface area contributed by atoms with Crippen LogP contribution in [-0.4, -0.2) is 15.0 Å². The van der Waals surface area contributed by atoms with Crippen molar-refractivity contribution in [3.05, 3.63) is 40.8 Å². The van der Waals surface area contributed by atoms with Gasteiger partial charge in [0.25, 0.3) is 0 Å². The van der Waals surface area contributed by atoms with Crippen LogP contribution in [0, 0.1) is 13.8 Å². The van der Waals surface area contributed by atoms with Gasteiger partial charge in [0.15, 0.2) is 5.82 Å². The average molecular weight is 226 g/mol. The van der Waals surface area contributed by atoms with Crippen molar-refractivity contribution in [3.63, 3.8) is 0 Å². The lowest BCUT2D eigenvalue weighted by Gasteiger charge is -2.07. The molecule has 1 N–H and O–H groups in total. The van der Waals surface area contributed by atoms with Crippen molar-refractivity contribution in [2.45, 2.75) is 26.9 Å². The number of fused-ring (bicyclic) bond motifs is 1. The van der Waals surface area contributed by atoms with Crippen LogP contribution in [0.5, 0.6) is 0 Å². The molecular weight excluding hydrogens is 212 g/mol. The fourth-order valence-corrected chi connectivity index (χ4v) is 2.16. The predicted molar refractivity (Wildman–Crippen MR) is 65.3 cm³/mol. The number of nitrogens with one attached hydrogen (secondary N) is 1. The smallest absolute Gasteiger partial charge is 0.178 e. The van der Waals surface area contributed by atoms with E-state index in [9.17, 15) is 0 Å². The van der Waals surface area contributed by atoms with Gasteiger partial charge in [-0.05, 0) is 25.5 Å². The topological polar surface area (TPSA) is 50.7 Å². The van der Waals surface area contributed by atoms with Crippen molar-refractivity contribution < 1.29 is 0 Å². The van der Waals surface area contributed by atoms with Gasteiger partial charge in [0.05, 0.1) is 5.69 Å². The van der Waals surface area contributed by atoms with E-state index in [0.717, 1.165) is 41.6 Å². The molecule has 0 amide bonds. The molecule has 2 aromatic rings. The van der Waals surface area contributed by atoms with E-state index in [4.69, 9.17) is 0 Å². The minimum Gasteiger partial charge on any atom is -0.307 e. The maximum absolute atomic E-state index is 4.61. The first-order valence-electron chi connectivity index (χ1n) is 5.75. The third kappa shape index (κ3) is 1.70. The third-order valence-electron chi connectivity index (χ3n) is 3.12. The van der Waals surface area contributed by atoms with Gasteiger partial charge in [0.1, 0.15) is 5.69 Å². The molecule has 3 rings (SSSR count). The Labute approximate surface area is 100 Å². The molecule has 0 fully saturated rings. The molecule has 2 aromatic heterocycles. The molecule has 3 heterocycles. The van der Waals surface area contributed by atoms with Gasteiger partial charge in [-0.1, -0.05) is 6.07 Å². The van der Waals surface area contributed by atoms with Crippen LogP contribution in [-0.2, 0) is 13.1 Å². The molecule has 0 aromatic carbocycles. The second-order valence-corrected chi connectivity index (χ2v) is 4.33. The van der Waals surface area contributed by atoms with E-state index in [1.54, 1.807) is 6.20 Å². The van der Waals surface area contributed by atoms with E-state index in [1.807, 2.05) is 26.0 Å². The molecule has 0 saturated heterocycles. The first-order chi connectivity index (χ1) is 8.25. The number of aryl methyl sites for hydroxylation is 2. The van der Waals surface area contributed by atoms with Crippen LogP contribution >= 0.6 is 0 Å². The van der Waals surface area contributed by atoms with Crippen molar-refractivity contribution >= 4 is 0 Å². The largest absolute Gasteiger partial charge is 0.307 e. The summed E-state index contributed by atoms with van der Waals surface area (Å²) in [6.07, 6.45) is 1.78. The molecule has 4 heteroatoms. The maximum atomic E-state index is 4.61. The summed E-state index contributed by atoms with van der Waals surface area (Å²) in [5.74, 6) is 0.739. The van der Waals surface area contributed by atoms with Gasteiger partial charge in [-0.3, -0.25) is 4.98 Å². The van der Waals surface area contributed by atoms with Gasteiger partial charge in [-0.2, -0.15) is 0 Å². The Morgan fingerprint density at radius 1 is 1.18 bits per heavy atom. The summed E-state index contributed by atoms with van der Waals surface area (Å²) in [6, 6.07) is 3.97. The molecule has 1 aliphatic heterocycles. The quantitative estimate of drug-likeness (QED) is 0.805. The Kier molecular flexibility index (Phi) is 2.37. The van der Waals surface area contributed by atoms with Gasteiger partial charge in [0, 0.05) is 30.5 Å². The zero-order valence-electron chi connectivity index (χ0n) is 9.99. The molecule has 0 aliphatic carbocycles. The summed E-state index contributed by atoms with van der Waals surface area (Å²) >= 11 is 0. The van der Waals surface area contributed by atoms with Crippen LogP contribution in [0.2, 0.25) is 0 Å². The highest BCUT2D eigenvalue weighted by Crippen LogP contribution is 2.22. The summed E-state index contributed by atoms with van der Waals surface area (Å²) in [5.41, 5.74) is 5.39. The van der Waals surface area contributed by atoms with Gasteiger partial charge < -0.3 is 5.32 Å². The summed E-state index contributed by atoms with van der Waals surface area (Å²) in [5, 5.41) is 3.30. The number of aromatic nitrogens is 3. The zero-order valence-corrected chi connectivity index (χ0v) is 9.99. The second-order valence-electron chi connectivity index (χ2n) is 4.33. The molecule has 0 atom stereocenters. The lowest BCUT2D eigenvalue weighted by Crippen LogP contribution is -2.02. The SMILES string of the molecule is Cc1cccnc1-c1nc(C)c2c(n1)CNC2. The number of hydrogen-bond donors (Lipinski definition) is 1. The first kappa shape index (κ1) is 10.4. The minimum absolute atomic E-state index is 0.739. The molecule has 0 bridgehead atoms. The van der Waals surface area contributed by atoms with E-state index >= 15 is 0 Å². The van der Waals surface area contributed by atoms with Gasteiger partial charge in [0.2, 0.25) is 0 Å². The Hall–Kier alpha value is -1.81. The van der Waals surface area contributed by atoms with E-state index in [-0.39, 0.29) is 0 Å². The van der Waals surface area contributed by atoms with Gasteiger partial charge >= 0.3 is 0 Å². The van der Waals surface area contributed by atoms with Crippen molar-refractivity contribution in [2.24, 2.45) is 0 Å². The van der Waals surface area contributed by atoms with Gasteiger partial charge in [-0.15, -0.1) is 0 Å². The number of pyridine rings is 1. The van der Waals surface area contributed by atoms with Crippen LogP contribution in [0.15, 0.2) is 18.3 Å². The summed E-state index contributed by atoms with van der Waals surface area (Å²) in [6.45, 7) is 5.78. The molecule has 0 spiro atoms. The van der Waals surface area contributed by atoms with Crippen molar-refractivity contribution in [3.8, 4) is 11.5 Å². The van der Waals surface area contributed by atoms with E-state index in [0.29, 0.717) is 0 Å². The van der Waals surface area contributed by atoms with Crippen LogP contribution in [0.25, 0.3) is 11.5 Å². The number of rotatable bonds is 1. The Morgan fingerprint density at radius 2 is 2.06 bits per heavy atom. The average Bonchev–Trinajstić information content (AvgIpc) is 2.78. The fraction of sp³-hybridized carbons (Fsp3) is 0.308. The highest BCUT2D eigenvalue weighted by molar-refractivity contribution is 5.55. The standard InChI is InChI=1S/C13H14N4/c1-8-4-3-5-15-12(8)13-16-9(2)10-6-14-7-11(10)17-13/h3-5,14H,6-7H2,1-2H3. The van der Waals surface area contributed by atoms with Crippen LogP contribution < -0.4 is 5.32 Å². The first-order valence-corrected chi connectivity index (χ1v) is 5.75. The highest BCUT2D eigenvalue weighted by atomic mass is 15.0. The summed E-state index contributed by atoms with van der Waals surface area (Å²) in [4.78, 5) is 13.5. The molecule has 17 heavy (non-hydrogen) atoms. The van der Waals surface area contributed by atoms with E-state index in [1.165, 1.54) is 5.56 Å². The van der Waals surface area contributed by atoms with E-state index in [2.05, 4.69) is 20.3 Å². The monoisotopic (exact) mass is 226 g/mol. The fourth-order valence-electron chi connectivity index (χ4n) is 2.16. The van der Waals surface area contributed by atoms with Crippen molar-refractivity contribution in [2.75, 3.05) is 0 Å². The highest BCUT2D eigenvalue weighted by Gasteiger charge is 2.18. The predicted octanol–water partition coefficient (Wildman–Crippen LogP) is 1.76. The Morgan fingerprint density at radius 3 is 2.88 bits per heavy atom. The normalized spacial score (nSPS) is 13.8. The minimum atomic E-state index is 0.739. The van der Waals surface area contributed by atoms with Crippen molar-refractivity contribution in [1.82, 2.24) is 20.3 Å². The molecule has 0 unspecified atom stereocenters. The van der Waals surface area contributed by atoms with Crippen LogP contribution in [0.4, 0.5) is 0 Å². The van der Waals surface area contributed by atoms with Crippen LogP contribution in [0.3, 0.4) is 0 Å². The zero-order chi connectivity index (χ0) is 11.8. The number of hydrogen-bond acceptors (Lipinski definition) is 4. The molecule has 4 nitrogen and oxygen atoms in total. The molecule has 0 radical (unpaired) electrons. The summed E-state index contributed by atoms with van der Waals surface area (Å²) in [7, 11) is 0.